The molecule has 2 unspecified atom stereocenters. The molecule has 2 saturated heterocycles. The first-order chi connectivity index (χ1) is 14.5. The number of aromatic nitrogens is 1. The van der Waals surface area contributed by atoms with Crippen molar-refractivity contribution in [2.45, 2.75) is 31.3 Å². The third-order valence-corrected chi connectivity index (χ3v) is 5.61. The highest BCUT2D eigenvalue weighted by Gasteiger charge is 2.35. The molecule has 9 heteroatoms. The van der Waals surface area contributed by atoms with Crippen molar-refractivity contribution in [1.29, 1.82) is 0 Å². The average molecular weight is 415 g/mol. The zero-order valence-corrected chi connectivity index (χ0v) is 16.3. The van der Waals surface area contributed by atoms with Gasteiger partial charge in [-0.3, -0.25) is 14.6 Å². The van der Waals surface area contributed by atoms with E-state index in [9.17, 15) is 18.4 Å². The molecule has 0 radical (unpaired) electrons. The van der Waals surface area contributed by atoms with Crippen LogP contribution in [0.2, 0.25) is 0 Å². The molecule has 2 aromatic rings. The number of carbonyl (C=O) groups is 2. The second kappa shape index (κ2) is 8.85. The highest BCUT2D eigenvalue weighted by molar-refractivity contribution is 5.92. The molecule has 30 heavy (non-hydrogen) atoms. The van der Waals surface area contributed by atoms with Gasteiger partial charge in [0.1, 0.15) is 6.04 Å². The van der Waals surface area contributed by atoms with E-state index in [1.54, 1.807) is 11.1 Å². The van der Waals surface area contributed by atoms with Crippen molar-refractivity contribution in [3.63, 3.8) is 0 Å². The zero-order valence-electron chi connectivity index (χ0n) is 16.3. The maximum atomic E-state index is 13.3. The number of carbonyl (C=O) groups excluding carboxylic acids is 2. The summed E-state index contributed by atoms with van der Waals surface area (Å²) in [5, 5.41) is 2.62. The quantitative estimate of drug-likeness (QED) is 0.713. The van der Waals surface area contributed by atoms with E-state index >= 15 is 0 Å². The lowest BCUT2D eigenvalue weighted by Crippen LogP contribution is -2.49. The number of likely N-dealkylation sites (tertiary alicyclic amines) is 1. The Hall–Kier alpha value is -2.91. The van der Waals surface area contributed by atoms with Crippen LogP contribution < -0.4 is 16.2 Å². The van der Waals surface area contributed by atoms with Gasteiger partial charge in [0.15, 0.2) is 11.6 Å². The molecular formula is C21H23F2N5O2. The molecule has 2 aliphatic heterocycles. The number of anilines is 1. The molecule has 3 N–H and O–H groups in total. The summed E-state index contributed by atoms with van der Waals surface area (Å²) < 4.78 is 26.3. The van der Waals surface area contributed by atoms with Gasteiger partial charge in [-0.2, -0.15) is 0 Å². The molecule has 158 valence electrons. The molecule has 2 amide bonds. The Kier molecular flexibility index (Phi) is 6.01. The predicted molar refractivity (Wildman–Crippen MR) is 106 cm³/mol. The molecular weight excluding hydrogens is 392 g/mol. The average Bonchev–Trinajstić information content (AvgIpc) is 3.27. The molecule has 0 spiro atoms. The number of benzene rings is 1. The van der Waals surface area contributed by atoms with Gasteiger partial charge >= 0.3 is 0 Å². The largest absolute Gasteiger partial charge is 0.341 e. The highest BCUT2D eigenvalue weighted by atomic mass is 19.2. The summed E-state index contributed by atoms with van der Waals surface area (Å²) in [5.41, 5.74) is 7.28. The predicted octanol–water partition coefficient (Wildman–Crippen LogP) is 2.14. The Morgan fingerprint density at radius 1 is 1.07 bits per heavy atom. The molecule has 2 atom stereocenters. The van der Waals surface area contributed by atoms with Crippen molar-refractivity contribution in [2.75, 3.05) is 18.4 Å². The van der Waals surface area contributed by atoms with E-state index < -0.39 is 11.6 Å². The van der Waals surface area contributed by atoms with Gasteiger partial charge in [0, 0.05) is 37.0 Å². The Labute approximate surface area is 172 Å². The number of nitrogens with zero attached hydrogens (tertiary/aromatic N) is 2. The lowest BCUT2D eigenvalue weighted by atomic mass is 9.95. The summed E-state index contributed by atoms with van der Waals surface area (Å²) in [6.45, 7) is 0.947. The Balaban J connectivity index is 1.27. The van der Waals surface area contributed by atoms with Gasteiger partial charge in [-0.25, -0.2) is 19.6 Å². The lowest BCUT2D eigenvalue weighted by molar-refractivity contribution is -0.136. The SMILES string of the molecule is O=C(Nc1ccc(F)c(F)c1)C1CCN(C(=O)C2CC(c3ccccn3)NN2)CC1. The van der Waals surface area contributed by atoms with Crippen molar-refractivity contribution in [3.8, 4) is 0 Å². The Morgan fingerprint density at radius 3 is 2.57 bits per heavy atom. The van der Waals surface area contributed by atoms with E-state index in [1.807, 2.05) is 18.2 Å². The number of rotatable bonds is 4. The molecule has 0 bridgehead atoms. The van der Waals surface area contributed by atoms with Crippen LogP contribution in [0.15, 0.2) is 42.6 Å². The molecule has 1 aromatic carbocycles. The Bertz CT molecular complexity index is 919. The summed E-state index contributed by atoms with van der Waals surface area (Å²) in [5.74, 6) is -2.49. The Morgan fingerprint density at radius 2 is 1.87 bits per heavy atom. The fraction of sp³-hybridized carbons (Fsp3) is 0.381. The molecule has 4 rings (SSSR count). The normalized spacial score (nSPS) is 22.1. The molecule has 2 fully saturated rings. The van der Waals surface area contributed by atoms with E-state index in [2.05, 4.69) is 21.2 Å². The molecule has 1 aromatic heterocycles. The number of halogens is 2. The van der Waals surface area contributed by atoms with Gasteiger partial charge in [-0.15, -0.1) is 0 Å². The topological polar surface area (TPSA) is 86.4 Å². The van der Waals surface area contributed by atoms with E-state index in [4.69, 9.17) is 0 Å². The van der Waals surface area contributed by atoms with Crippen molar-refractivity contribution in [1.82, 2.24) is 20.7 Å². The van der Waals surface area contributed by atoms with E-state index in [-0.39, 0.29) is 35.5 Å². The van der Waals surface area contributed by atoms with Crippen LogP contribution in [0.1, 0.15) is 31.0 Å². The van der Waals surface area contributed by atoms with Gasteiger partial charge in [-0.1, -0.05) is 6.07 Å². The van der Waals surface area contributed by atoms with Crippen LogP contribution in [0.25, 0.3) is 0 Å². The van der Waals surface area contributed by atoms with Crippen LogP contribution in [0.4, 0.5) is 14.5 Å². The minimum atomic E-state index is -1.00. The lowest BCUT2D eigenvalue weighted by Gasteiger charge is -2.32. The maximum Gasteiger partial charge on any atom is 0.241 e. The number of hydrazine groups is 1. The number of piperidine rings is 1. The molecule has 7 nitrogen and oxygen atoms in total. The monoisotopic (exact) mass is 415 g/mol. The summed E-state index contributed by atoms with van der Waals surface area (Å²) in [6, 6.07) is 8.57. The van der Waals surface area contributed by atoms with Crippen LogP contribution in [-0.4, -0.2) is 40.8 Å². The summed E-state index contributed by atoms with van der Waals surface area (Å²) in [7, 11) is 0. The smallest absolute Gasteiger partial charge is 0.241 e. The summed E-state index contributed by atoms with van der Waals surface area (Å²) in [4.78, 5) is 31.4. The van der Waals surface area contributed by atoms with E-state index in [0.717, 1.165) is 17.8 Å². The number of hydrogen-bond acceptors (Lipinski definition) is 5. The molecule has 0 aliphatic carbocycles. The van der Waals surface area contributed by atoms with Gasteiger partial charge in [0.25, 0.3) is 0 Å². The fourth-order valence-corrected chi connectivity index (χ4v) is 3.89. The van der Waals surface area contributed by atoms with Crippen LogP contribution in [0.3, 0.4) is 0 Å². The first-order valence-electron chi connectivity index (χ1n) is 9.98. The minimum absolute atomic E-state index is 0.000366. The first kappa shape index (κ1) is 20.4. The van der Waals surface area contributed by atoms with Crippen molar-refractivity contribution in [3.05, 3.63) is 59.9 Å². The maximum absolute atomic E-state index is 13.3. The molecule has 0 saturated carbocycles. The number of nitrogens with one attached hydrogen (secondary N) is 3. The first-order valence-corrected chi connectivity index (χ1v) is 9.98. The van der Waals surface area contributed by atoms with Crippen molar-refractivity contribution < 1.29 is 18.4 Å². The molecule has 3 heterocycles. The van der Waals surface area contributed by atoms with Crippen LogP contribution in [-0.2, 0) is 9.59 Å². The number of hydrogen-bond donors (Lipinski definition) is 3. The highest BCUT2D eigenvalue weighted by Crippen LogP contribution is 2.24. The van der Waals surface area contributed by atoms with Crippen LogP contribution in [0, 0.1) is 17.6 Å². The second-order valence-electron chi connectivity index (χ2n) is 7.60. The van der Waals surface area contributed by atoms with E-state index in [1.165, 1.54) is 6.07 Å². The van der Waals surface area contributed by atoms with Crippen molar-refractivity contribution in [2.24, 2.45) is 5.92 Å². The third kappa shape index (κ3) is 4.47. The van der Waals surface area contributed by atoms with Gasteiger partial charge < -0.3 is 10.2 Å². The van der Waals surface area contributed by atoms with Crippen LogP contribution in [0.5, 0.6) is 0 Å². The number of pyridine rings is 1. The molecule has 2 aliphatic rings. The van der Waals surface area contributed by atoms with Gasteiger partial charge in [0.05, 0.1) is 11.7 Å². The summed E-state index contributed by atoms with van der Waals surface area (Å²) >= 11 is 0. The second-order valence-corrected chi connectivity index (χ2v) is 7.60. The fourth-order valence-electron chi connectivity index (χ4n) is 3.89. The van der Waals surface area contributed by atoms with E-state index in [0.29, 0.717) is 32.4 Å². The van der Waals surface area contributed by atoms with Gasteiger partial charge in [-0.05, 0) is 43.5 Å². The number of amides is 2. The minimum Gasteiger partial charge on any atom is -0.341 e. The third-order valence-electron chi connectivity index (χ3n) is 5.61. The standard InChI is InChI=1S/C21H23F2N5O2/c22-15-5-4-14(11-16(15)23)25-20(29)13-6-9-28(10-7-13)21(30)19-12-18(26-27-19)17-3-1-2-8-24-17/h1-5,8,11,13,18-19,26-27H,6-7,9-10,12H2,(H,25,29). The van der Waals surface area contributed by atoms with Crippen LogP contribution >= 0.6 is 0 Å². The zero-order chi connectivity index (χ0) is 21.1. The van der Waals surface area contributed by atoms with Crippen molar-refractivity contribution >= 4 is 17.5 Å². The summed E-state index contributed by atoms with van der Waals surface area (Å²) in [6.07, 6.45) is 3.37. The van der Waals surface area contributed by atoms with Gasteiger partial charge in [0.2, 0.25) is 11.8 Å².